The van der Waals surface area contributed by atoms with Crippen LogP contribution in [-0.2, 0) is 9.53 Å². The maximum Gasteiger partial charge on any atom is 0.327 e. The molecule has 5 heteroatoms. The van der Waals surface area contributed by atoms with Gasteiger partial charge in [0.15, 0.2) is 0 Å². The molecule has 0 spiro atoms. The van der Waals surface area contributed by atoms with Crippen LogP contribution in [0.4, 0.5) is 4.39 Å². The lowest BCUT2D eigenvalue weighted by molar-refractivity contribution is -0.146. The Morgan fingerprint density at radius 1 is 1.43 bits per heavy atom. The molecular weight excluding hydrogens is 337 g/mol. The summed E-state index contributed by atoms with van der Waals surface area (Å²) < 4.78 is 20.0. The summed E-state index contributed by atoms with van der Waals surface area (Å²) >= 11 is 3.33. The Morgan fingerprint density at radius 2 is 2.14 bits per heavy atom. The molecule has 0 aromatic heterocycles. The summed E-state index contributed by atoms with van der Waals surface area (Å²) in [5.41, 5.74) is 0.341. The van der Waals surface area contributed by atoms with Gasteiger partial charge in [0.2, 0.25) is 0 Å². The second kappa shape index (κ2) is 7.90. The van der Waals surface area contributed by atoms with Gasteiger partial charge in [-0.05, 0) is 38.0 Å². The van der Waals surface area contributed by atoms with Crippen molar-refractivity contribution in [2.45, 2.75) is 51.1 Å². The molecule has 1 saturated carbocycles. The van der Waals surface area contributed by atoms with Crippen LogP contribution in [0.15, 0.2) is 22.7 Å². The lowest BCUT2D eigenvalue weighted by Crippen LogP contribution is -2.39. The summed E-state index contributed by atoms with van der Waals surface area (Å²) in [7, 11) is 0. The Balaban J connectivity index is 2.22. The number of ether oxygens (including phenoxy) is 1. The van der Waals surface area contributed by atoms with Gasteiger partial charge in [-0.3, -0.25) is 5.32 Å². The van der Waals surface area contributed by atoms with Gasteiger partial charge in [0.05, 0.1) is 6.61 Å². The molecule has 3 nitrogen and oxygen atoms in total. The monoisotopic (exact) mass is 357 g/mol. The number of hydrogen-bond acceptors (Lipinski definition) is 3. The Morgan fingerprint density at radius 3 is 2.81 bits per heavy atom. The van der Waals surface area contributed by atoms with Gasteiger partial charge >= 0.3 is 5.97 Å². The Kier molecular flexibility index (Phi) is 6.18. The van der Waals surface area contributed by atoms with Crippen LogP contribution < -0.4 is 5.32 Å². The molecule has 21 heavy (non-hydrogen) atoms. The van der Waals surface area contributed by atoms with Gasteiger partial charge in [-0.15, -0.1) is 0 Å². The van der Waals surface area contributed by atoms with E-state index in [1.165, 1.54) is 12.5 Å². The molecule has 1 fully saturated rings. The van der Waals surface area contributed by atoms with Crippen LogP contribution in [0.5, 0.6) is 0 Å². The van der Waals surface area contributed by atoms with Crippen LogP contribution in [0.3, 0.4) is 0 Å². The molecule has 0 bridgehead atoms. The van der Waals surface area contributed by atoms with Gasteiger partial charge in [0, 0.05) is 16.1 Å². The number of carbonyl (C=O) groups is 1. The van der Waals surface area contributed by atoms with Crippen molar-refractivity contribution >= 4 is 21.9 Å². The van der Waals surface area contributed by atoms with E-state index in [4.69, 9.17) is 4.74 Å². The van der Waals surface area contributed by atoms with Crippen LogP contribution in [0.1, 0.15) is 50.6 Å². The molecule has 1 aliphatic rings. The van der Waals surface area contributed by atoms with E-state index in [1.807, 2.05) is 0 Å². The Bertz CT molecular complexity index is 489. The standard InChI is InChI=1S/C16H21BrFNO2/c1-2-21-16(20)15(19-12-6-4-3-5-7-12)13-10-11(17)8-9-14(13)18/h8-10,12,15,19H,2-7H2,1H3. The van der Waals surface area contributed by atoms with Crippen LogP contribution in [-0.4, -0.2) is 18.6 Å². The first-order chi connectivity index (χ1) is 10.1. The highest BCUT2D eigenvalue weighted by Gasteiger charge is 2.28. The van der Waals surface area contributed by atoms with Gasteiger partial charge in [-0.1, -0.05) is 35.2 Å². The largest absolute Gasteiger partial charge is 0.465 e. The van der Waals surface area contributed by atoms with Crippen LogP contribution in [0, 0.1) is 5.82 Å². The summed E-state index contributed by atoms with van der Waals surface area (Å²) in [6, 6.07) is 4.14. The normalized spacial score (nSPS) is 17.5. The molecule has 0 aliphatic heterocycles. The molecule has 1 aliphatic carbocycles. The number of hydrogen-bond donors (Lipinski definition) is 1. The first-order valence-electron chi connectivity index (χ1n) is 7.49. The van der Waals surface area contributed by atoms with Crippen LogP contribution in [0.25, 0.3) is 0 Å². The lowest BCUT2D eigenvalue weighted by Gasteiger charge is -2.28. The zero-order chi connectivity index (χ0) is 15.2. The van der Waals surface area contributed by atoms with Gasteiger partial charge < -0.3 is 4.74 Å². The maximum absolute atomic E-state index is 14.1. The Hall–Kier alpha value is -0.940. The molecular formula is C16H21BrFNO2. The molecule has 1 N–H and O–H groups in total. The van der Waals surface area contributed by atoms with Crippen molar-refractivity contribution in [3.63, 3.8) is 0 Å². The second-order valence-electron chi connectivity index (χ2n) is 5.35. The van der Waals surface area contributed by atoms with Crippen molar-refractivity contribution in [3.8, 4) is 0 Å². The third-order valence-electron chi connectivity index (χ3n) is 3.80. The molecule has 0 amide bonds. The second-order valence-corrected chi connectivity index (χ2v) is 6.27. The summed E-state index contributed by atoms with van der Waals surface area (Å²) in [5, 5.41) is 3.29. The van der Waals surface area contributed by atoms with E-state index in [0.717, 1.165) is 30.2 Å². The van der Waals surface area contributed by atoms with E-state index < -0.39 is 12.0 Å². The molecule has 1 atom stereocenters. The molecule has 0 saturated heterocycles. The fourth-order valence-electron chi connectivity index (χ4n) is 2.75. The number of esters is 1. The topological polar surface area (TPSA) is 38.3 Å². The number of carbonyl (C=O) groups excluding carboxylic acids is 1. The Labute approximate surface area is 133 Å². The third kappa shape index (κ3) is 4.51. The van der Waals surface area contributed by atoms with Gasteiger partial charge in [0.1, 0.15) is 11.9 Å². The van der Waals surface area contributed by atoms with Crippen LogP contribution in [0.2, 0.25) is 0 Å². The van der Waals surface area contributed by atoms with Crippen molar-refractivity contribution in [2.75, 3.05) is 6.61 Å². The van der Waals surface area contributed by atoms with E-state index in [2.05, 4.69) is 21.2 Å². The number of benzene rings is 1. The summed E-state index contributed by atoms with van der Waals surface area (Å²) in [6.45, 7) is 2.05. The number of halogens is 2. The molecule has 1 unspecified atom stereocenters. The van der Waals surface area contributed by atoms with Gasteiger partial charge in [-0.2, -0.15) is 0 Å². The van der Waals surface area contributed by atoms with E-state index in [0.29, 0.717) is 5.56 Å². The quantitative estimate of drug-likeness (QED) is 0.805. The van der Waals surface area contributed by atoms with Crippen molar-refractivity contribution in [3.05, 3.63) is 34.1 Å². The highest BCUT2D eigenvalue weighted by atomic mass is 79.9. The SMILES string of the molecule is CCOC(=O)C(NC1CCCCC1)c1cc(Br)ccc1F. The first-order valence-corrected chi connectivity index (χ1v) is 8.28. The van der Waals surface area contributed by atoms with Crippen molar-refractivity contribution < 1.29 is 13.9 Å². The maximum atomic E-state index is 14.1. The van der Waals surface area contributed by atoms with E-state index >= 15 is 0 Å². The third-order valence-corrected chi connectivity index (χ3v) is 4.29. The zero-order valence-corrected chi connectivity index (χ0v) is 13.8. The lowest BCUT2D eigenvalue weighted by atomic mass is 9.94. The van der Waals surface area contributed by atoms with Gasteiger partial charge in [0.25, 0.3) is 0 Å². The summed E-state index contributed by atoms with van der Waals surface area (Å²) in [6.07, 6.45) is 5.56. The highest BCUT2D eigenvalue weighted by Crippen LogP contribution is 2.26. The van der Waals surface area contributed by atoms with E-state index in [9.17, 15) is 9.18 Å². The molecule has 1 aromatic carbocycles. The molecule has 0 heterocycles. The fourth-order valence-corrected chi connectivity index (χ4v) is 3.13. The average Bonchev–Trinajstić information content (AvgIpc) is 2.49. The zero-order valence-electron chi connectivity index (χ0n) is 12.2. The molecule has 1 aromatic rings. The van der Waals surface area contributed by atoms with E-state index in [-0.39, 0.29) is 18.5 Å². The molecule has 0 radical (unpaired) electrons. The van der Waals surface area contributed by atoms with E-state index in [1.54, 1.807) is 19.1 Å². The molecule has 2 rings (SSSR count). The minimum atomic E-state index is -0.745. The number of nitrogens with one attached hydrogen (secondary N) is 1. The molecule has 116 valence electrons. The van der Waals surface area contributed by atoms with Gasteiger partial charge in [-0.25, -0.2) is 9.18 Å². The smallest absolute Gasteiger partial charge is 0.327 e. The summed E-state index contributed by atoms with van der Waals surface area (Å²) in [5.74, 6) is -0.806. The predicted molar refractivity (Wildman–Crippen MR) is 83.5 cm³/mol. The first kappa shape index (κ1) is 16.4. The highest BCUT2D eigenvalue weighted by molar-refractivity contribution is 9.10. The minimum absolute atomic E-state index is 0.242. The minimum Gasteiger partial charge on any atom is -0.465 e. The summed E-state index contributed by atoms with van der Waals surface area (Å²) in [4.78, 5) is 12.2. The fraction of sp³-hybridized carbons (Fsp3) is 0.562. The van der Waals surface area contributed by atoms with Crippen molar-refractivity contribution in [1.82, 2.24) is 5.32 Å². The van der Waals surface area contributed by atoms with Crippen molar-refractivity contribution in [2.24, 2.45) is 0 Å². The predicted octanol–water partition coefficient (Wildman–Crippen LogP) is 4.11. The van der Waals surface area contributed by atoms with Crippen molar-refractivity contribution in [1.29, 1.82) is 0 Å². The van der Waals surface area contributed by atoms with Crippen LogP contribution >= 0.6 is 15.9 Å². The number of rotatable bonds is 5. The average molecular weight is 358 g/mol.